The molecule has 112 valence electrons. The summed E-state index contributed by atoms with van der Waals surface area (Å²) >= 11 is 0. The van der Waals surface area contributed by atoms with Gasteiger partial charge in [0.05, 0.1) is 18.3 Å². The Bertz CT molecular complexity index is 290. The fourth-order valence-corrected chi connectivity index (χ4v) is 2.28. The molecule has 5 nitrogen and oxygen atoms in total. The van der Waals surface area contributed by atoms with Gasteiger partial charge in [-0.1, -0.05) is 0 Å². The summed E-state index contributed by atoms with van der Waals surface area (Å²) in [6, 6.07) is 0. The van der Waals surface area contributed by atoms with Crippen LogP contribution in [0.2, 0.25) is 0 Å². The lowest BCUT2D eigenvalue weighted by Crippen LogP contribution is -2.52. The Labute approximate surface area is 116 Å². The zero-order valence-electron chi connectivity index (χ0n) is 12.9. The molecule has 0 bridgehead atoms. The molecule has 0 aromatic heterocycles. The van der Waals surface area contributed by atoms with E-state index < -0.39 is 6.10 Å². The predicted molar refractivity (Wildman–Crippen MR) is 75.2 cm³/mol. The van der Waals surface area contributed by atoms with Gasteiger partial charge in [0.15, 0.2) is 0 Å². The average Bonchev–Trinajstić information content (AvgIpc) is 2.36. The molecule has 19 heavy (non-hydrogen) atoms. The van der Waals surface area contributed by atoms with Crippen molar-refractivity contribution in [2.75, 3.05) is 32.8 Å². The van der Waals surface area contributed by atoms with E-state index in [1.54, 1.807) is 4.90 Å². The fraction of sp³-hybridized carbons (Fsp3) is 0.929. The van der Waals surface area contributed by atoms with Gasteiger partial charge in [0.2, 0.25) is 0 Å². The molecule has 0 aromatic carbocycles. The minimum absolute atomic E-state index is 0.00991. The van der Waals surface area contributed by atoms with Crippen molar-refractivity contribution < 1.29 is 14.3 Å². The van der Waals surface area contributed by atoms with E-state index in [0.29, 0.717) is 6.61 Å². The quantitative estimate of drug-likeness (QED) is 0.784. The Morgan fingerprint density at radius 3 is 2.63 bits per heavy atom. The molecule has 0 radical (unpaired) electrons. The SMILES string of the molecule is CCN(CC)C(=O)C(C)OCC1CNCC(C)(C)O1. The van der Waals surface area contributed by atoms with Gasteiger partial charge in [-0.2, -0.15) is 0 Å². The summed E-state index contributed by atoms with van der Waals surface area (Å²) in [5.41, 5.74) is -0.168. The third-order valence-electron chi connectivity index (χ3n) is 3.36. The molecule has 1 heterocycles. The van der Waals surface area contributed by atoms with Gasteiger partial charge in [-0.05, 0) is 34.6 Å². The van der Waals surface area contributed by atoms with Crippen molar-refractivity contribution in [1.29, 1.82) is 0 Å². The fourth-order valence-electron chi connectivity index (χ4n) is 2.28. The Kier molecular flexibility index (Phi) is 6.23. The number of hydrogen-bond acceptors (Lipinski definition) is 4. The maximum atomic E-state index is 12.0. The Morgan fingerprint density at radius 1 is 1.47 bits per heavy atom. The van der Waals surface area contributed by atoms with Crippen LogP contribution in [-0.4, -0.2) is 61.4 Å². The first-order chi connectivity index (χ1) is 8.89. The summed E-state index contributed by atoms with van der Waals surface area (Å²) in [6.45, 7) is 13.4. The number of likely N-dealkylation sites (N-methyl/N-ethyl adjacent to an activating group) is 1. The van der Waals surface area contributed by atoms with Crippen molar-refractivity contribution in [3.8, 4) is 0 Å². The van der Waals surface area contributed by atoms with Gasteiger partial charge in [-0.15, -0.1) is 0 Å². The van der Waals surface area contributed by atoms with Gasteiger partial charge >= 0.3 is 0 Å². The lowest BCUT2D eigenvalue weighted by molar-refractivity contribution is -0.152. The molecule has 0 spiro atoms. The molecular formula is C14H28N2O3. The van der Waals surface area contributed by atoms with E-state index in [9.17, 15) is 4.79 Å². The minimum Gasteiger partial charge on any atom is -0.367 e. The molecule has 1 fully saturated rings. The summed E-state index contributed by atoms with van der Waals surface area (Å²) in [5, 5.41) is 3.32. The van der Waals surface area contributed by atoms with Crippen LogP contribution in [0.4, 0.5) is 0 Å². The second-order valence-corrected chi connectivity index (χ2v) is 5.62. The van der Waals surface area contributed by atoms with E-state index in [-0.39, 0.29) is 17.6 Å². The highest BCUT2D eigenvalue weighted by atomic mass is 16.6. The van der Waals surface area contributed by atoms with E-state index in [1.807, 2.05) is 20.8 Å². The molecule has 2 atom stereocenters. The van der Waals surface area contributed by atoms with E-state index in [2.05, 4.69) is 19.2 Å². The molecule has 0 saturated carbocycles. The highest BCUT2D eigenvalue weighted by Crippen LogP contribution is 2.15. The third kappa shape index (κ3) is 5.09. The van der Waals surface area contributed by atoms with Crippen LogP contribution < -0.4 is 5.32 Å². The topological polar surface area (TPSA) is 50.8 Å². The highest BCUT2D eigenvalue weighted by Gasteiger charge is 2.29. The van der Waals surface area contributed by atoms with Crippen LogP contribution in [-0.2, 0) is 14.3 Å². The standard InChI is InChI=1S/C14H28N2O3/c1-6-16(7-2)13(17)11(3)18-9-12-8-15-10-14(4,5)19-12/h11-12,15H,6-10H2,1-5H3. The summed E-state index contributed by atoms with van der Waals surface area (Å²) < 4.78 is 11.6. The number of ether oxygens (including phenoxy) is 2. The van der Waals surface area contributed by atoms with Crippen molar-refractivity contribution >= 4 is 5.91 Å². The number of hydrogen-bond donors (Lipinski definition) is 1. The number of carbonyl (C=O) groups excluding carboxylic acids is 1. The number of morpholine rings is 1. The van der Waals surface area contributed by atoms with Gasteiger partial charge in [-0.25, -0.2) is 0 Å². The van der Waals surface area contributed by atoms with Gasteiger partial charge in [0, 0.05) is 26.2 Å². The molecule has 5 heteroatoms. The van der Waals surface area contributed by atoms with Gasteiger partial charge in [0.25, 0.3) is 5.91 Å². The minimum atomic E-state index is -0.409. The Hall–Kier alpha value is -0.650. The third-order valence-corrected chi connectivity index (χ3v) is 3.36. The van der Waals surface area contributed by atoms with Crippen LogP contribution in [0, 0.1) is 0 Å². The van der Waals surface area contributed by atoms with Gasteiger partial charge < -0.3 is 19.7 Å². The maximum absolute atomic E-state index is 12.0. The van der Waals surface area contributed by atoms with Crippen molar-refractivity contribution in [1.82, 2.24) is 10.2 Å². The first-order valence-electron chi connectivity index (χ1n) is 7.18. The van der Waals surface area contributed by atoms with Gasteiger partial charge in [-0.3, -0.25) is 4.79 Å². The molecule has 1 N–H and O–H groups in total. The smallest absolute Gasteiger partial charge is 0.251 e. The van der Waals surface area contributed by atoms with Crippen LogP contribution in [0.3, 0.4) is 0 Å². The number of rotatable bonds is 6. The number of amides is 1. The van der Waals surface area contributed by atoms with Crippen molar-refractivity contribution in [2.24, 2.45) is 0 Å². The molecule has 1 rings (SSSR count). The molecule has 1 amide bonds. The molecule has 0 aliphatic carbocycles. The maximum Gasteiger partial charge on any atom is 0.251 e. The van der Waals surface area contributed by atoms with Crippen molar-refractivity contribution in [3.63, 3.8) is 0 Å². The first kappa shape index (κ1) is 16.4. The highest BCUT2D eigenvalue weighted by molar-refractivity contribution is 5.80. The molecule has 1 saturated heterocycles. The normalized spacial score (nSPS) is 23.9. The molecule has 1 aliphatic rings. The first-order valence-corrected chi connectivity index (χ1v) is 7.18. The number of nitrogens with one attached hydrogen (secondary N) is 1. The number of nitrogens with zero attached hydrogens (tertiary/aromatic N) is 1. The van der Waals surface area contributed by atoms with Crippen molar-refractivity contribution in [3.05, 3.63) is 0 Å². The second kappa shape index (κ2) is 7.22. The monoisotopic (exact) mass is 272 g/mol. The molecular weight excluding hydrogens is 244 g/mol. The van der Waals surface area contributed by atoms with E-state index in [1.165, 1.54) is 0 Å². The predicted octanol–water partition coefficient (Wildman–Crippen LogP) is 1.03. The Morgan fingerprint density at radius 2 is 2.11 bits per heavy atom. The van der Waals surface area contributed by atoms with Crippen LogP contribution in [0.1, 0.15) is 34.6 Å². The number of carbonyl (C=O) groups is 1. The molecule has 1 aliphatic heterocycles. The lowest BCUT2D eigenvalue weighted by atomic mass is 10.1. The lowest BCUT2D eigenvalue weighted by Gasteiger charge is -2.37. The summed E-state index contributed by atoms with van der Waals surface area (Å²) in [4.78, 5) is 13.8. The van der Waals surface area contributed by atoms with E-state index in [4.69, 9.17) is 9.47 Å². The second-order valence-electron chi connectivity index (χ2n) is 5.62. The molecule has 2 unspecified atom stereocenters. The zero-order chi connectivity index (χ0) is 14.5. The summed E-state index contributed by atoms with van der Waals surface area (Å²) in [6.07, 6.45) is -0.399. The average molecular weight is 272 g/mol. The van der Waals surface area contributed by atoms with Crippen LogP contribution >= 0.6 is 0 Å². The Balaban J connectivity index is 2.37. The van der Waals surface area contributed by atoms with Crippen molar-refractivity contribution in [2.45, 2.75) is 52.4 Å². The zero-order valence-corrected chi connectivity index (χ0v) is 12.9. The van der Waals surface area contributed by atoms with Crippen LogP contribution in [0.15, 0.2) is 0 Å². The van der Waals surface area contributed by atoms with Crippen LogP contribution in [0.5, 0.6) is 0 Å². The summed E-state index contributed by atoms with van der Waals surface area (Å²) in [7, 11) is 0. The van der Waals surface area contributed by atoms with E-state index >= 15 is 0 Å². The van der Waals surface area contributed by atoms with Crippen LogP contribution in [0.25, 0.3) is 0 Å². The van der Waals surface area contributed by atoms with Gasteiger partial charge in [0.1, 0.15) is 6.10 Å². The van der Waals surface area contributed by atoms with E-state index in [0.717, 1.165) is 26.2 Å². The molecule has 0 aromatic rings. The summed E-state index contributed by atoms with van der Waals surface area (Å²) in [5.74, 6) is 0.0491. The largest absolute Gasteiger partial charge is 0.367 e.